The van der Waals surface area contributed by atoms with E-state index in [1.807, 2.05) is 36.4 Å². The minimum Gasteiger partial charge on any atom is -0.384 e. The average molecular weight is 315 g/mol. The van der Waals surface area contributed by atoms with Crippen molar-refractivity contribution < 1.29 is 13.5 Å². The van der Waals surface area contributed by atoms with E-state index >= 15 is 0 Å². The summed E-state index contributed by atoms with van der Waals surface area (Å²) in [6, 6.07) is 12.4. The van der Waals surface area contributed by atoms with Crippen LogP contribution in [0.15, 0.2) is 47.4 Å². The van der Waals surface area contributed by atoms with Crippen LogP contribution in [0.25, 0.3) is 12.2 Å². The van der Waals surface area contributed by atoms with Gasteiger partial charge in [-0.3, -0.25) is 0 Å². The summed E-state index contributed by atoms with van der Waals surface area (Å²) in [7, 11) is -0.540. The first kappa shape index (κ1) is 15.0. The molecule has 0 saturated heterocycles. The molecule has 4 nitrogen and oxygen atoms in total. The molecule has 2 aromatic carbocycles. The normalized spacial score (nSPS) is 17.0. The zero-order chi connectivity index (χ0) is 15.9. The van der Waals surface area contributed by atoms with Gasteiger partial charge >= 0.3 is 0 Å². The van der Waals surface area contributed by atoms with Gasteiger partial charge in [-0.2, -0.15) is 0 Å². The molecular formula is C17H17NO3S. The Balaban J connectivity index is 2.19. The fourth-order valence-corrected chi connectivity index (χ4v) is 3.51. The van der Waals surface area contributed by atoms with Gasteiger partial charge in [0, 0.05) is 14.1 Å². The summed E-state index contributed by atoms with van der Waals surface area (Å²) in [5.74, 6) is 0. The van der Waals surface area contributed by atoms with Crippen molar-refractivity contribution in [3.63, 3.8) is 0 Å². The van der Waals surface area contributed by atoms with Crippen LogP contribution in [0.3, 0.4) is 0 Å². The minimum atomic E-state index is -3.52. The Labute approximate surface area is 130 Å². The van der Waals surface area contributed by atoms with Gasteiger partial charge in [0.1, 0.15) is 6.10 Å². The molecule has 22 heavy (non-hydrogen) atoms. The lowest BCUT2D eigenvalue weighted by Crippen LogP contribution is -2.22. The summed E-state index contributed by atoms with van der Waals surface area (Å²) in [4.78, 5) is 0.183. The summed E-state index contributed by atoms with van der Waals surface area (Å²) in [6.45, 7) is 0. The highest BCUT2D eigenvalue weighted by atomic mass is 32.2. The largest absolute Gasteiger partial charge is 0.384 e. The first-order valence-corrected chi connectivity index (χ1v) is 8.37. The molecule has 1 aliphatic carbocycles. The summed E-state index contributed by atoms with van der Waals surface area (Å²) < 4.78 is 25.7. The van der Waals surface area contributed by atoms with Crippen LogP contribution in [0, 0.1) is 0 Å². The molecule has 1 atom stereocenters. The van der Waals surface area contributed by atoms with Crippen molar-refractivity contribution in [2.24, 2.45) is 0 Å². The van der Waals surface area contributed by atoms with E-state index in [9.17, 15) is 13.5 Å². The maximum Gasteiger partial charge on any atom is 0.242 e. The molecule has 2 aromatic rings. The van der Waals surface area contributed by atoms with Crippen LogP contribution in [0.1, 0.15) is 28.4 Å². The van der Waals surface area contributed by atoms with Crippen molar-refractivity contribution in [1.29, 1.82) is 0 Å². The van der Waals surface area contributed by atoms with E-state index in [0.29, 0.717) is 5.56 Å². The van der Waals surface area contributed by atoms with Crippen LogP contribution in [0.2, 0.25) is 0 Å². The quantitative estimate of drug-likeness (QED) is 0.926. The molecule has 5 heteroatoms. The molecule has 0 amide bonds. The summed E-state index contributed by atoms with van der Waals surface area (Å²) in [5.41, 5.74) is 3.13. The number of rotatable bonds is 2. The number of benzene rings is 2. The molecule has 0 heterocycles. The fraction of sp³-hybridized carbons (Fsp3) is 0.176. The lowest BCUT2D eigenvalue weighted by Gasteiger charge is -2.17. The number of hydrogen-bond donors (Lipinski definition) is 1. The number of nitrogens with zero attached hydrogens (tertiary/aromatic N) is 1. The average Bonchev–Trinajstić information content (AvgIpc) is 2.65. The monoisotopic (exact) mass is 315 g/mol. The maximum atomic E-state index is 12.3. The van der Waals surface area contributed by atoms with E-state index in [0.717, 1.165) is 16.7 Å². The van der Waals surface area contributed by atoms with Crippen LogP contribution in [-0.4, -0.2) is 31.9 Å². The molecule has 0 unspecified atom stereocenters. The Bertz CT molecular complexity index is 854. The summed E-state index contributed by atoms with van der Waals surface area (Å²) >= 11 is 0. The molecule has 114 valence electrons. The molecule has 0 bridgehead atoms. The van der Waals surface area contributed by atoms with Gasteiger partial charge in [-0.1, -0.05) is 42.5 Å². The van der Waals surface area contributed by atoms with Crippen molar-refractivity contribution in [3.8, 4) is 0 Å². The Morgan fingerprint density at radius 3 is 2.27 bits per heavy atom. The second-order valence-electron chi connectivity index (χ2n) is 5.44. The third-order valence-electron chi connectivity index (χ3n) is 3.86. The van der Waals surface area contributed by atoms with E-state index < -0.39 is 16.1 Å². The summed E-state index contributed by atoms with van der Waals surface area (Å²) in [6.07, 6.45) is 2.99. The van der Waals surface area contributed by atoms with Crippen LogP contribution in [0.4, 0.5) is 0 Å². The third kappa shape index (κ3) is 2.37. The predicted molar refractivity (Wildman–Crippen MR) is 86.7 cm³/mol. The van der Waals surface area contributed by atoms with Crippen LogP contribution >= 0.6 is 0 Å². The van der Waals surface area contributed by atoms with Gasteiger partial charge in [-0.05, 0) is 34.4 Å². The Kier molecular flexibility index (Phi) is 3.64. The van der Waals surface area contributed by atoms with Crippen molar-refractivity contribution in [1.82, 2.24) is 4.31 Å². The first-order chi connectivity index (χ1) is 10.4. The smallest absolute Gasteiger partial charge is 0.242 e. The Morgan fingerprint density at radius 1 is 0.955 bits per heavy atom. The lowest BCUT2D eigenvalue weighted by atomic mass is 9.97. The number of hydrogen-bond acceptors (Lipinski definition) is 3. The van der Waals surface area contributed by atoms with Crippen molar-refractivity contribution in [3.05, 3.63) is 64.7 Å². The van der Waals surface area contributed by atoms with E-state index in [-0.39, 0.29) is 4.90 Å². The third-order valence-corrected chi connectivity index (χ3v) is 5.68. The number of aliphatic hydroxyl groups is 1. The Hall–Kier alpha value is -1.95. The second-order valence-corrected chi connectivity index (χ2v) is 7.59. The van der Waals surface area contributed by atoms with Crippen LogP contribution in [-0.2, 0) is 10.0 Å². The van der Waals surface area contributed by atoms with E-state index in [1.54, 1.807) is 18.2 Å². The van der Waals surface area contributed by atoms with Crippen LogP contribution in [0.5, 0.6) is 0 Å². The van der Waals surface area contributed by atoms with Gasteiger partial charge in [-0.15, -0.1) is 0 Å². The van der Waals surface area contributed by atoms with Gasteiger partial charge in [-0.25, -0.2) is 12.7 Å². The molecule has 3 rings (SSSR count). The molecule has 1 N–H and O–H groups in total. The van der Waals surface area contributed by atoms with Crippen molar-refractivity contribution >= 4 is 22.2 Å². The van der Waals surface area contributed by atoms with Gasteiger partial charge in [0.25, 0.3) is 0 Å². The van der Waals surface area contributed by atoms with Gasteiger partial charge in [0.05, 0.1) is 4.90 Å². The molecule has 0 saturated carbocycles. The van der Waals surface area contributed by atoms with Crippen LogP contribution < -0.4 is 0 Å². The highest BCUT2D eigenvalue weighted by Crippen LogP contribution is 2.34. The predicted octanol–water partition coefficient (Wildman–Crippen LogP) is 2.50. The highest BCUT2D eigenvalue weighted by molar-refractivity contribution is 7.89. The summed E-state index contributed by atoms with van der Waals surface area (Å²) in [5, 5.41) is 10.7. The molecule has 0 radical (unpaired) electrons. The second kappa shape index (κ2) is 5.35. The minimum absolute atomic E-state index is 0.183. The molecule has 0 aromatic heterocycles. The molecule has 0 fully saturated rings. The Morgan fingerprint density at radius 2 is 1.59 bits per heavy atom. The van der Waals surface area contributed by atoms with Crippen molar-refractivity contribution in [2.75, 3.05) is 14.1 Å². The zero-order valence-electron chi connectivity index (χ0n) is 12.4. The number of aliphatic hydroxyl groups excluding tert-OH is 1. The zero-order valence-corrected chi connectivity index (χ0v) is 13.2. The number of fused-ring (bicyclic) bond motifs is 2. The fourth-order valence-electron chi connectivity index (χ4n) is 2.57. The van der Waals surface area contributed by atoms with Gasteiger partial charge in [0.15, 0.2) is 0 Å². The molecule has 1 aliphatic rings. The molecule has 0 spiro atoms. The van der Waals surface area contributed by atoms with Gasteiger partial charge < -0.3 is 5.11 Å². The van der Waals surface area contributed by atoms with Gasteiger partial charge in [0.2, 0.25) is 10.0 Å². The van der Waals surface area contributed by atoms with E-state index in [1.165, 1.54) is 18.4 Å². The highest BCUT2D eigenvalue weighted by Gasteiger charge is 2.23. The number of sulfonamides is 1. The van der Waals surface area contributed by atoms with E-state index in [4.69, 9.17) is 0 Å². The lowest BCUT2D eigenvalue weighted by molar-refractivity contribution is 0.220. The maximum absolute atomic E-state index is 12.3. The first-order valence-electron chi connectivity index (χ1n) is 6.93. The molecule has 0 aliphatic heterocycles. The van der Waals surface area contributed by atoms with E-state index in [2.05, 4.69) is 0 Å². The molecular weight excluding hydrogens is 298 g/mol. The van der Waals surface area contributed by atoms with Crippen molar-refractivity contribution in [2.45, 2.75) is 11.0 Å². The standard InChI is InChI=1S/C17H17NO3S/c1-18(2)22(20,21)14-10-9-13-8-7-12-5-3-4-6-15(12)17(19)16(13)11-14/h3-11,17,19H,1-2H3/t17-/m1/s1. The topological polar surface area (TPSA) is 57.6 Å². The SMILES string of the molecule is CN(C)S(=O)(=O)c1ccc2c(c1)[C@H](O)c1ccccc1C=C2.